The number of halogens is 6. The summed E-state index contributed by atoms with van der Waals surface area (Å²) in [5.74, 6) is -1.32. The molecule has 45 heavy (non-hydrogen) atoms. The summed E-state index contributed by atoms with van der Waals surface area (Å²) >= 11 is 0. The highest BCUT2D eigenvalue weighted by atomic mass is 32.2. The van der Waals surface area contributed by atoms with Gasteiger partial charge in [0.1, 0.15) is 11.2 Å². The summed E-state index contributed by atoms with van der Waals surface area (Å²) in [4.78, 5) is 1.36. The van der Waals surface area contributed by atoms with Crippen molar-refractivity contribution < 1.29 is 45.3 Å². The fourth-order valence-corrected chi connectivity index (χ4v) is 7.96. The molecule has 0 N–H and O–H groups in total. The van der Waals surface area contributed by atoms with Gasteiger partial charge in [0.05, 0.1) is 10.9 Å². The van der Waals surface area contributed by atoms with Crippen molar-refractivity contribution in [3.05, 3.63) is 92.0 Å². The number of alkyl halides is 6. The van der Waals surface area contributed by atoms with Crippen LogP contribution < -0.4 is 18.9 Å². The molecule has 2 saturated carbocycles. The fraction of sp³-hybridized carbons (Fsp3) is 0.353. The second-order valence-corrected chi connectivity index (χ2v) is 13.1. The number of hydrogen-bond acceptors (Lipinski definition) is 4. The molecule has 0 bridgehead atoms. The molecule has 0 radical (unpaired) electrons. The van der Waals surface area contributed by atoms with E-state index in [4.69, 9.17) is 9.47 Å². The molecule has 0 aliphatic heterocycles. The Hall–Kier alpha value is -3.73. The fourth-order valence-electron chi connectivity index (χ4n) is 5.85. The lowest BCUT2D eigenvalue weighted by Gasteiger charge is -2.28. The summed E-state index contributed by atoms with van der Waals surface area (Å²) in [6.07, 6.45) is -1.08. The average molecular weight is 652 g/mol. The SMILES string of the molecule is C=CC1(Oc2ccc([S+](c3ccccc3)c3ccc(OC4(C=C)CCCC4)c(OC(F)(F)F)c3)cc2OC(F)(F)F)CCCC1. The molecule has 5 rings (SSSR count). The maximum absolute atomic E-state index is 13.6. The van der Waals surface area contributed by atoms with Gasteiger partial charge in [0.25, 0.3) is 0 Å². The second kappa shape index (κ2) is 12.9. The van der Waals surface area contributed by atoms with Crippen LogP contribution in [0.1, 0.15) is 51.4 Å². The van der Waals surface area contributed by atoms with Crippen molar-refractivity contribution in [2.45, 2.75) is 90.0 Å². The van der Waals surface area contributed by atoms with Crippen LogP contribution >= 0.6 is 0 Å². The first-order chi connectivity index (χ1) is 21.3. The molecule has 2 aliphatic rings. The van der Waals surface area contributed by atoms with Crippen LogP contribution in [0.25, 0.3) is 0 Å². The normalized spacial score (nSPS) is 17.6. The largest absolute Gasteiger partial charge is 0.573 e. The molecule has 2 fully saturated rings. The van der Waals surface area contributed by atoms with Crippen LogP contribution in [-0.4, -0.2) is 23.9 Å². The molecule has 0 heterocycles. The van der Waals surface area contributed by atoms with E-state index in [-0.39, 0.29) is 11.5 Å². The minimum absolute atomic E-state index is 0.106. The van der Waals surface area contributed by atoms with Gasteiger partial charge in [-0.1, -0.05) is 31.4 Å². The zero-order valence-electron chi connectivity index (χ0n) is 24.4. The van der Waals surface area contributed by atoms with E-state index in [0.29, 0.717) is 40.4 Å². The van der Waals surface area contributed by atoms with Gasteiger partial charge in [-0.05, 0) is 99.9 Å². The predicted octanol–water partition coefficient (Wildman–Crippen LogP) is 10.3. The minimum atomic E-state index is -5.02. The van der Waals surface area contributed by atoms with Crippen LogP contribution in [0, 0.1) is 0 Å². The van der Waals surface area contributed by atoms with Crippen molar-refractivity contribution in [1.82, 2.24) is 0 Å². The van der Waals surface area contributed by atoms with Gasteiger partial charge in [0, 0.05) is 12.1 Å². The number of ether oxygens (including phenoxy) is 4. The van der Waals surface area contributed by atoms with E-state index in [0.717, 1.165) is 25.7 Å². The lowest BCUT2D eigenvalue weighted by atomic mass is 10.0. The molecule has 0 spiro atoms. The highest BCUT2D eigenvalue weighted by molar-refractivity contribution is 7.97. The van der Waals surface area contributed by atoms with Crippen molar-refractivity contribution in [3.63, 3.8) is 0 Å². The summed E-state index contributed by atoms with van der Waals surface area (Å²) in [5, 5.41) is 0. The Balaban J connectivity index is 1.61. The lowest BCUT2D eigenvalue weighted by molar-refractivity contribution is -0.276. The highest BCUT2D eigenvalue weighted by Crippen LogP contribution is 2.46. The van der Waals surface area contributed by atoms with Gasteiger partial charge in [-0.15, -0.1) is 26.3 Å². The summed E-state index contributed by atoms with van der Waals surface area (Å²) < 4.78 is 103. The Kier molecular flexibility index (Phi) is 9.39. The minimum Gasteiger partial charge on any atom is -0.479 e. The quantitative estimate of drug-likeness (QED) is 0.117. The van der Waals surface area contributed by atoms with Gasteiger partial charge in [-0.3, -0.25) is 0 Å². The Bertz CT molecular complexity index is 1400. The zero-order valence-corrected chi connectivity index (χ0v) is 25.2. The molecular weight excluding hydrogens is 618 g/mol. The third-order valence-electron chi connectivity index (χ3n) is 8.00. The molecular formula is C34H33F6O4S+. The zero-order chi connectivity index (χ0) is 32.3. The Labute approximate surface area is 261 Å². The van der Waals surface area contributed by atoms with Gasteiger partial charge >= 0.3 is 12.7 Å². The van der Waals surface area contributed by atoms with Crippen molar-refractivity contribution in [2.24, 2.45) is 0 Å². The van der Waals surface area contributed by atoms with Gasteiger partial charge < -0.3 is 18.9 Å². The van der Waals surface area contributed by atoms with Crippen LogP contribution in [0.5, 0.6) is 23.0 Å². The first-order valence-electron chi connectivity index (χ1n) is 14.6. The third-order valence-corrected chi connectivity index (χ3v) is 10.2. The Morgan fingerprint density at radius 1 is 0.556 bits per heavy atom. The molecule has 0 aromatic heterocycles. The van der Waals surface area contributed by atoms with Crippen LogP contribution in [0.3, 0.4) is 0 Å². The molecule has 0 atom stereocenters. The second-order valence-electron chi connectivity index (χ2n) is 11.1. The van der Waals surface area contributed by atoms with Crippen molar-refractivity contribution >= 4 is 10.9 Å². The van der Waals surface area contributed by atoms with Gasteiger partial charge in [0.15, 0.2) is 37.7 Å². The predicted molar refractivity (Wildman–Crippen MR) is 159 cm³/mol. The molecule has 0 saturated heterocycles. The smallest absolute Gasteiger partial charge is 0.479 e. The topological polar surface area (TPSA) is 36.9 Å². The summed E-state index contributed by atoms with van der Waals surface area (Å²) in [7, 11) is -1.19. The molecule has 4 nitrogen and oxygen atoms in total. The maximum atomic E-state index is 13.6. The van der Waals surface area contributed by atoms with E-state index in [1.54, 1.807) is 54.6 Å². The average Bonchev–Trinajstić information content (AvgIpc) is 3.66. The van der Waals surface area contributed by atoms with E-state index < -0.39 is 46.3 Å². The number of hydrogen-bond donors (Lipinski definition) is 0. The molecule has 3 aromatic carbocycles. The van der Waals surface area contributed by atoms with Crippen LogP contribution in [-0.2, 0) is 10.9 Å². The number of benzene rings is 3. The first-order valence-corrected chi connectivity index (χ1v) is 15.8. The van der Waals surface area contributed by atoms with Gasteiger partial charge in [0.2, 0.25) is 0 Å². The van der Waals surface area contributed by atoms with Crippen LogP contribution in [0.4, 0.5) is 26.3 Å². The first kappa shape index (κ1) is 32.7. The molecule has 2 aliphatic carbocycles. The van der Waals surface area contributed by atoms with Crippen molar-refractivity contribution in [2.75, 3.05) is 0 Å². The Morgan fingerprint density at radius 2 is 0.956 bits per heavy atom. The van der Waals surface area contributed by atoms with Gasteiger partial charge in [-0.25, -0.2) is 0 Å². The van der Waals surface area contributed by atoms with E-state index in [2.05, 4.69) is 22.6 Å². The molecule has 0 unspecified atom stereocenters. The van der Waals surface area contributed by atoms with Crippen LogP contribution in [0.2, 0.25) is 0 Å². The molecule has 240 valence electrons. The van der Waals surface area contributed by atoms with Crippen molar-refractivity contribution in [3.8, 4) is 23.0 Å². The lowest BCUT2D eigenvalue weighted by Crippen LogP contribution is -2.30. The summed E-state index contributed by atoms with van der Waals surface area (Å²) in [6.45, 7) is 7.66. The Morgan fingerprint density at radius 3 is 1.31 bits per heavy atom. The van der Waals surface area contributed by atoms with Gasteiger partial charge in [-0.2, -0.15) is 0 Å². The monoisotopic (exact) mass is 651 g/mol. The van der Waals surface area contributed by atoms with E-state index >= 15 is 0 Å². The van der Waals surface area contributed by atoms with E-state index in [1.165, 1.54) is 24.3 Å². The molecule has 0 amide bonds. The maximum Gasteiger partial charge on any atom is 0.573 e. The third kappa shape index (κ3) is 7.92. The van der Waals surface area contributed by atoms with E-state index in [1.807, 2.05) is 0 Å². The number of rotatable bonds is 11. The van der Waals surface area contributed by atoms with Crippen molar-refractivity contribution in [1.29, 1.82) is 0 Å². The summed E-state index contributed by atoms with van der Waals surface area (Å²) in [5.41, 5.74) is -1.65. The van der Waals surface area contributed by atoms with E-state index in [9.17, 15) is 26.3 Å². The molecule has 3 aromatic rings. The van der Waals surface area contributed by atoms with Crippen LogP contribution in [0.15, 0.2) is 107 Å². The molecule has 11 heteroatoms. The highest BCUT2D eigenvalue weighted by Gasteiger charge is 2.41. The standard InChI is InChI=1S/C34H33F6O4S/c1-3-31(18-8-9-19-31)41-27-16-14-25(22-29(27)43-33(35,36)37)45(24-12-6-5-7-13-24)26-15-17-28(30(23-26)44-34(38,39)40)42-32(4-2)20-10-11-21-32/h3-7,12-17,22-23H,1-2,8-11,18-21H2/q+1. The summed E-state index contributed by atoms with van der Waals surface area (Å²) in [6, 6.07) is 17.2.